The van der Waals surface area contributed by atoms with Crippen LogP contribution >= 0.6 is 0 Å². The number of nitrogens with one attached hydrogen (secondary N) is 2. The lowest BCUT2D eigenvalue weighted by molar-refractivity contribution is -0.135. The molecule has 0 aliphatic rings. The van der Waals surface area contributed by atoms with Gasteiger partial charge in [-0.15, -0.1) is 0 Å². The summed E-state index contributed by atoms with van der Waals surface area (Å²) in [5, 5.41) is 8.40. The van der Waals surface area contributed by atoms with E-state index in [1.165, 1.54) is 0 Å². The highest BCUT2D eigenvalue weighted by molar-refractivity contribution is 6.04. The number of carbonyl (C=O) groups excluding carboxylic acids is 2. The zero-order chi connectivity index (χ0) is 25.9. The fraction of sp³-hybridized carbons (Fsp3) is 0.214. The standard InChI is InChI=1S/C28H30N4O4/c1-19(22-10-14-24(35-3)15-11-22)29-31-27(33)26(18-21-8-6-5-7-9-21)28(34)32-30-20(2)23-12-16-25(36-4)17-13-23/h5-17,26H,18H2,1-4H3,(H,31,33)(H,32,34). The second-order valence-electron chi connectivity index (χ2n) is 8.05. The van der Waals surface area contributed by atoms with E-state index >= 15 is 0 Å². The van der Waals surface area contributed by atoms with E-state index in [1.807, 2.05) is 78.9 Å². The van der Waals surface area contributed by atoms with Crippen LogP contribution in [0.1, 0.15) is 30.5 Å². The lowest BCUT2D eigenvalue weighted by Crippen LogP contribution is -2.40. The van der Waals surface area contributed by atoms with Gasteiger partial charge in [0, 0.05) is 0 Å². The molecule has 186 valence electrons. The summed E-state index contributed by atoms with van der Waals surface area (Å²) >= 11 is 0. The molecule has 0 aliphatic heterocycles. The van der Waals surface area contributed by atoms with Gasteiger partial charge >= 0.3 is 0 Å². The summed E-state index contributed by atoms with van der Waals surface area (Å²) in [6, 6.07) is 23.9. The van der Waals surface area contributed by atoms with Crippen LogP contribution in [0.2, 0.25) is 0 Å². The predicted molar refractivity (Wildman–Crippen MR) is 140 cm³/mol. The van der Waals surface area contributed by atoms with Crippen LogP contribution in [0.25, 0.3) is 0 Å². The Bertz CT molecular complexity index is 1140. The van der Waals surface area contributed by atoms with Crippen molar-refractivity contribution < 1.29 is 19.1 Å². The van der Waals surface area contributed by atoms with E-state index in [9.17, 15) is 9.59 Å². The van der Waals surface area contributed by atoms with Gasteiger partial charge in [0.05, 0.1) is 25.6 Å². The second kappa shape index (κ2) is 12.9. The Kier molecular flexibility index (Phi) is 9.33. The molecule has 0 aliphatic carbocycles. The molecule has 0 unspecified atom stereocenters. The first kappa shape index (κ1) is 26.2. The van der Waals surface area contributed by atoms with E-state index in [0.717, 1.165) is 28.2 Å². The molecule has 0 heterocycles. The minimum Gasteiger partial charge on any atom is -0.497 e. The van der Waals surface area contributed by atoms with Crippen molar-refractivity contribution in [3.63, 3.8) is 0 Å². The highest BCUT2D eigenvalue weighted by Crippen LogP contribution is 2.14. The fourth-order valence-electron chi connectivity index (χ4n) is 3.38. The van der Waals surface area contributed by atoms with Crippen LogP contribution in [0, 0.1) is 5.92 Å². The molecule has 8 nitrogen and oxygen atoms in total. The maximum absolute atomic E-state index is 13.0. The molecular weight excluding hydrogens is 456 g/mol. The van der Waals surface area contributed by atoms with Crippen molar-refractivity contribution in [2.45, 2.75) is 20.3 Å². The van der Waals surface area contributed by atoms with E-state index in [4.69, 9.17) is 9.47 Å². The highest BCUT2D eigenvalue weighted by atomic mass is 16.5. The molecule has 3 rings (SSSR count). The van der Waals surface area contributed by atoms with E-state index in [-0.39, 0.29) is 6.42 Å². The third kappa shape index (κ3) is 7.27. The van der Waals surface area contributed by atoms with E-state index < -0.39 is 17.7 Å². The Morgan fingerprint density at radius 1 is 0.694 bits per heavy atom. The van der Waals surface area contributed by atoms with Gasteiger partial charge in [0.1, 0.15) is 17.4 Å². The van der Waals surface area contributed by atoms with Crippen molar-refractivity contribution in [3.05, 3.63) is 95.6 Å². The van der Waals surface area contributed by atoms with Crippen LogP contribution in [0.15, 0.2) is 89.1 Å². The lowest BCUT2D eigenvalue weighted by atomic mass is 9.98. The Balaban J connectivity index is 1.74. The number of benzene rings is 3. The Morgan fingerprint density at radius 2 is 1.11 bits per heavy atom. The maximum atomic E-state index is 13.0. The summed E-state index contributed by atoms with van der Waals surface area (Å²) in [6.45, 7) is 3.55. The molecule has 0 spiro atoms. The number of rotatable bonds is 10. The molecule has 36 heavy (non-hydrogen) atoms. The first-order valence-corrected chi connectivity index (χ1v) is 11.4. The molecule has 0 radical (unpaired) electrons. The summed E-state index contributed by atoms with van der Waals surface area (Å²) in [6.07, 6.45) is 0.201. The molecular formula is C28H30N4O4. The van der Waals surface area contributed by atoms with Crippen LogP contribution < -0.4 is 20.3 Å². The van der Waals surface area contributed by atoms with Crippen molar-refractivity contribution in [1.82, 2.24) is 10.9 Å². The molecule has 2 N–H and O–H groups in total. The molecule has 0 atom stereocenters. The molecule has 8 heteroatoms. The number of hydrogen-bond donors (Lipinski definition) is 2. The smallest absolute Gasteiger partial charge is 0.253 e. The average Bonchev–Trinajstić information content (AvgIpc) is 2.93. The zero-order valence-corrected chi connectivity index (χ0v) is 20.8. The SMILES string of the molecule is COc1ccc(C(C)=NNC(=O)C(Cc2ccccc2)C(=O)NN=C(C)c2ccc(OC)cc2)cc1. The van der Waals surface area contributed by atoms with Crippen molar-refractivity contribution in [3.8, 4) is 11.5 Å². The topological polar surface area (TPSA) is 101 Å². The molecule has 0 bridgehead atoms. The summed E-state index contributed by atoms with van der Waals surface area (Å²) in [5.74, 6) is -0.642. The second-order valence-corrected chi connectivity index (χ2v) is 8.05. The highest BCUT2D eigenvalue weighted by Gasteiger charge is 2.27. The van der Waals surface area contributed by atoms with E-state index in [0.29, 0.717) is 11.4 Å². The fourth-order valence-corrected chi connectivity index (χ4v) is 3.38. The Hall–Kier alpha value is -4.46. The normalized spacial score (nSPS) is 12.4. The molecule has 3 aromatic rings. The number of hydrogen-bond acceptors (Lipinski definition) is 6. The maximum Gasteiger partial charge on any atom is 0.253 e. The summed E-state index contributed by atoms with van der Waals surface area (Å²) in [7, 11) is 3.19. The van der Waals surface area contributed by atoms with Crippen LogP contribution in [0.3, 0.4) is 0 Å². The number of methoxy groups -OCH3 is 2. The third-order valence-electron chi connectivity index (χ3n) is 5.60. The number of hydrazone groups is 2. The molecule has 0 aromatic heterocycles. The van der Waals surface area contributed by atoms with Gasteiger partial charge in [-0.25, -0.2) is 10.9 Å². The van der Waals surface area contributed by atoms with Crippen molar-refractivity contribution >= 4 is 23.2 Å². The number of carbonyl (C=O) groups is 2. The van der Waals surface area contributed by atoms with Gasteiger partial charge in [-0.05, 0) is 85.5 Å². The van der Waals surface area contributed by atoms with Crippen LogP contribution in [-0.2, 0) is 16.0 Å². The molecule has 2 amide bonds. The number of nitrogens with zero attached hydrogens (tertiary/aromatic N) is 2. The van der Waals surface area contributed by atoms with Gasteiger partial charge in [0.25, 0.3) is 11.8 Å². The molecule has 0 saturated carbocycles. The summed E-state index contributed by atoms with van der Waals surface area (Å²) in [5.41, 5.74) is 8.75. The van der Waals surface area contributed by atoms with Gasteiger partial charge in [-0.1, -0.05) is 30.3 Å². The van der Waals surface area contributed by atoms with Gasteiger partial charge in [-0.2, -0.15) is 10.2 Å². The first-order chi connectivity index (χ1) is 17.4. The van der Waals surface area contributed by atoms with Crippen molar-refractivity contribution in [1.29, 1.82) is 0 Å². The monoisotopic (exact) mass is 486 g/mol. The Morgan fingerprint density at radius 3 is 1.50 bits per heavy atom. The minimum atomic E-state index is -1.03. The van der Waals surface area contributed by atoms with Crippen molar-refractivity contribution in [2.75, 3.05) is 14.2 Å². The van der Waals surface area contributed by atoms with Gasteiger partial charge in [0.2, 0.25) is 0 Å². The minimum absolute atomic E-state index is 0.201. The number of ether oxygens (including phenoxy) is 2. The van der Waals surface area contributed by atoms with Crippen LogP contribution in [0.4, 0.5) is 0 Å². The third-order valence-corrected chi connectivity index (χ3v) is 5.60. The summed E-state index contributed by atoms with van der Waals surface area (Å²) < 4.78 is 10.3. The molecule has 0 fully saturated rings. The van der Waals surface area contributed by atoms with E-state index in [2.05, 4.69) is 21.1 Å². The average molecular weight is 487 g/mol. The van der Waals surface area contributed by atoms with Gasteiger partial charge in [0.15, 0.2) is 0 Å². The van der Waals surface area contributed by atoms with Gasteiger partial charge in [-0.3, -0.25) is 9.59 Å². The predicted octanol–water partition coefficient (Wildman–Crippen LogP) is 3.94. The van der Waals surface area contributed by atoms with Crippen LogP contribution in [-0.4, -0.2) is 37.5 Å². The number of amides is 2. The lowest BCUT2D eigenvalue weighted by Gasteiger charge is -2.14. The first-order valence-electron chi connectivity index (χ1n) is 11.4. The molecule has 3 aromatic carbocycles. The van der Waals surface area contributed by atoms with Crippen molar-refractivity contribution in [2.24, 2.45) is 16.1 Å². The van der Waals surface area contributed by atoms with E-state index in [1.54, 1.807) is 28.1 Å². The summed E-state index contributed by atoms with van der Waals surface area (Å²) in [4.78, 5) is 26.1. The molecule has 0 saturated heterocycles. The Labute approximate surface area is 211 Å². The quantitative estimate of drug-likeness (QED) is 0.257. The van der Waals surface area contributed by atoms with Crippen LogP contribution in [0.5, 0.6) is 11.5 Å². The van der Waals surface area contributed by atoms with Gasteiger partial charge < -0.3 is 9.47 Å². The zero-order valence-electron chi connectivity index (χ0n) is 20.8. The largest absolute Gasteiger partial charge is 0.497 e.